The van der Waals surface area contributed by atoms with E-state index >= 15 is 0 Å². The molecule has 0 aromatic rings. The first-order valence-electron chi connectivity index (χ1n) is 8.09. The monoisotopic (exact) mass is 267 g/mol. The van der Waals surface area contributed by atoms with Crippen molar-refractivity contribution < 1.29 is 4.79 Å². The summed E-state index contributed by atoms with van der Waals surface area (Å²) in [4.78, 5) is 11.3. The highest BCUT2D eigenvalue weighted by atomic mass is 16.1. The van der Waals surface area contributed by atoms with Crippen molar-refractivity contribution >= 4 is 5.91 Å². The van der Waals surface area contributed by atoms with Crippen molar-refractivity contribution in [2.75, 3.05) is 6.54 Å². The fraction of sp³-hybridized carbons (Fsp3) is 0.824. The lowest BCUT2D eigenvalue weighted by atomic mass is 10.1. The fourth-order valence-electron chi connectivity index (χ4n) is 2.14. The van der Waals surface area contributed by atoms with Crippen molar-refractivity contribution in [3.05, 3.63) is 11.6 Å². The fourth-order valence-corrected chi connectivity index (χ4v) is 2.14. The van der Waals surface area contributed by atoms with Crippen LogP contribution in [0, 0.1) is 0 Å². The van der Waals surface area contributed by atoms with Gasteiger partial charge in [-0.15, -0.1) is 0 Å². The summed E-state index contributed by atoms with van der Waals surface area (Å²) in [5.74, 6) is 0.0518. The van der Waals surface area contributed by atoms with Gasteiger partial charge in [-0.1, -0.05) is 70.3 Å². The minimum Gasteiger partial charge on any atom is -0.353 e. The van der Waals surface area contributed by atoms with Gasteiger partial charge in [0.2, 0.25) is 5.91 Å². The average Bonchev–Trinajstić information content (AvgIpc) is 2.35. The van der Waals surface area contributed by atoms with Crippen molar-refractivity contribution in [3.8, 4) is 0 Å². The summed E-state index contributed by atoms with van der Waals surface area (Å²) in [7, 11) is 0. The van der Waals surface area contributed by atoms with Gasteiger partial charge in [-0.2, -0.15) is 0 Å². The predicted octanol–water partition coefficient (Wildman–Crippen LogP) is 4.99. The number of allylic oxidation sites excluding steroid dienone is 1. The quantitative estimate of drug-likeness (QED) is 0.392. The van der Waals surface area contributed by atoms with E-state index in [0.717, 1.165) is 18.5 Å². The maximum Gasteiger partial charge on any atom is 0.243 e. The lowest BCUT2D eigenvalue weighted by Crippen LogP contribution is -2.22. The lowest BCUT2D eigenvalue weighted by Gasteiger charge is -2.03. The van der Waals surface area contributed by atoms with Crippen LogP contribution in [-0.2, 0) is 4.79 Å². The van der Waals surface area contributed by atoms with Gasteiger partial charge < -0.3 is 5.32 Å². The predicted molar refractivity (Wildman–Crippen MR) is 84.3 cm³/mol. The van der Waals surface area contributed by atoms with Crippen LogP contribution >= 0.6 is 0 Å². The van der Waals surface area contributed by atoms with Crippen molar-refractivity contribution in [1.82, 2.24) is 5.32 Å². The summed E-state index contributed by atoms with van der Waals surface area (Å²) < 4.78 is 0. The van der Waals surface area contributed by atoms with Gasteiger partial charge in [-0.3, -0.25) is 4.79 Å². The summed E-state index contributed by atoms with van der Waals surface area (Å²) in [5, 5.41) is 2.92. The molecule has 1 amide bonds. The van der Waals surface area contributed by atoms with Crippen LogP contribution in [-0.4, -0.2) is 12.5 Å². The highest BCUT2D eigenvalue weighted by Gasteiger charge is 1.96. The molecule has 0 saturated heterocycles. The van der Waals surface area contributed by atoms with E-state index in [4.69, 9.17) is 0 Å². The molecule has 2 heteroatoms. The molecule has 112 valence electrons. The topological polar surface area (TPSA) is 29.1 Å². The molecule has 0 aromatic heterocycles. The highest BCUT2D eigenvalue weighted by Crippen LogP contribution is 2.10. The van der Waals surface area contributed by atoms with E-state index in [0.29, 0.717) is 0 Å². The van der Waals surface area contributed by atoms with Crippen molar-refractivity contribution in [1.29, 1.82) is 0 Å². The number of nitrogens with one attached hydrogen (secondary N) is 1. The standard InChI is InChI=1S/C17H33NO/c1-4-5-6-7-8-9-10-11-12-13-14-18-17(19)15-16(2)3/h15H,4-14H2,1-3H3,(H,18,19). The van der Waals surface area contributed by atoms with Crippen LogP contribution in [0.3, 0.4) is 0 Å². The van der Waals surface area contributed by atoms with Crippen LogP contribution in [0.5, 0.6) is 0 Å². The Labute approximate surface area is 120 Å². The van der Waals surface area contributed by atoms with Gasteiger partial charge >= 0.3 is 0 Å². The van der Waals surface area contributed by atoms with E-state index in [1.807, 2.05) is 13.8 Å². The Hall–Kier alpha value is -0.790. The first kappa shape index (κ1) is 18.2. The number of amides is 1. The minimum absolute atomic E-state index is 0.0518. The summed E-state index contributed by atoms with van der Waals surface area (Å²) >= 11 is 0. The smallest absolute Gasteiger partial charge is 0.243 e. The molecule has 0 saturated carbocycles. The minimum atomic E-state index is 0.0518. The molecule has 0 fully saturated rings. The van der Waals surface area contributed by atoms with Gasteiger partial charge in [-0.25, -0.2) is 0 Å². The van der Waals surface area contributed by atoms with Gasteiger partial charge in [0.1, 0.15) is 0 Å². The molecular formula is C17H33NO. The normalized spacial score (nSPS) is 10.3. The Morgan fingerprint density at radius 3 is 1.79 bits per heavy atom. The third-order valence-corrected chi connectivity index (χ3v) is 3.25. The van der Waals surface area contributed by atoms with Crippen molar-refractivity contribution in [3.63, 3.8) is 0 Å². The summed E-state index contributed by atoms with van der Waals surface area (Å²) in [6.07, 6.45) is 15.0. The van der Waals surface area contributed by atoms with Gasteiger partial charge in [0.15, 0.2) is 0 Å². The van der Waals surface area contributed by atoms with Gasteiger partial charge in [-0.05, 0) is 20.3 Å². The van der Waals surface area contributed by atoms with Crippen molar-refractivity contribution in [2.24, 2.45) is 0 Å². The average molecular weight is 267 g/mol. The summed E-state index contributed by atoms with van der Waals surface area (Å²) in [6, 6.07) is 0. The second kappa shape index (κ2) is 13.6. The SMILES string of the molecule is CCCCCCCCCCCCNC(=O)C=C(C)C. The molecule has 0 bridgehead atoms. The van der Waals surface area contributed by atoms with Gasteiger partial charge in [0.05, 0.1) is 0 Å². The van der Waals surface area contributed by atoms with Crippen LogP contribution < -0.4 is 5.32 Å². The Morgan fingerprint density at radius 1 is 0.842 bits per heavy atom. The number of carbonyl (C=O) groups excluding carboxylic acids is 1. The van der Waals surface area contributed by atoms with Gasteiger partial charge in [0, 0.05) is 12.6 Å². The van der Waals surface area contributed by atoms with Crippen LogP contribution in [0.1, 0.15) is 85.0 Å². The number of unbranched alkanes of at least 4 members (excludes halogenated alkanes) is 9. The Bertz CT molecular complexity index is 242. The van der Waals surface area contributed by atoms with E-state index in [1.165, 1.54) is 57.8 Å². The molecule has 0 rings (SSSR count). The van der Waals surface area contributed by atoms with E-state index in [-0.39, 0.29) is 5.91 Å². The van der Waals surface area contributed by atoms with E-state index in [2.05, 4.69) is 12.2 Å². The molecule has 2 nitrogen and oxygen atoms in total. The molecule has 0 heterocycles. The van der Waals surface area contributed by atoms with Crippen molar-refractivity contribution in [2.45, 2.75) is 85.0 Å². The first-order valence-corrected chi connectivity index (χ1v) is 8.09. The molecule has 0 radical (unpaired) electrons. The van der Waals surface area contributed by atoms with Crippen LogP contribution in [0.25, 0.3) is 0 Å². The molecule has 0 unspecified atom stereocenters. The zero-order valence-electron chi connectivity index (χ0n) is 13.3. The Kier molecular flexibility index (Phi) is 13.1. The Balaban J connectivity index is 3.15. The largest absolute Gasteiger partial charge is 0.353 e. The summed E-state index contributed by atoms with van der Waals surface area (Å²) in [5.41, 5.74) is 1.06. The molecule has 0 aliphatic heterocycles. The molecule has 0 aliphatic carbocycles. The third-order valence-electron chi connectivity index (χ3n) is 3.25. The Morgan fingerprint density at radius 2 is 1.32 bits per heavy atom. The molecule has 19 heavy (non-hydrogen) atoms. The summed E-state index contributed by atoms with van der Waals surface area (Å²) in [6.45, 7) is 6.97. The number of rotatable bonds is 12. The first-order chi connectivity index (χ1) is 9.16. The zero-order chi connectivity index (χ0) is 14.3. The second-order valence-corrected chi connectivity index (χ2v) is 5.69. The van der Waals surface area contributed by atoms with Crippen LogP contribution in [0.2, 0.25) is 0 Å². The zero-order valence-corrected chi connectivity index (χ0v) is 13.3. The second-order valence-electron chi connectivity index (χ2n) is 5.69. The molecular weight excluding hydrogens is 234 g/mol. The maximum atomic E-state index is 11.3. The number of hydrogen-bond donors (Lipinski definition) is 1. The molecule has 0 aliphatic rings. The molecule has 1 N–H and O–H groups in total. The van der Waals surface area contributed by atoms with E-state index in [1.54, 1.807) is 6.08 Å². The third kappa shape index (κ3) is 15.2. The van der Waals surface area contributed by atoms with E-state index in [9.17, 15) is 4.79 Å². The van der Waals surface area contributed by atoms with Gasteiger partial charge in [0.25, 0.3) is 0 Å². The number of carbonyl (C=O) groups is 1. The van der Waals surface area contributed by atoms with Crippen LogP contribution in [0.4, 0.5) is 0 Å². The lowest BCUT2D eigenvalue weighted by molar-refractivity contribution is -0.116. The van der Waals surface area contributed by atoms with E-state index < -0.39 is 0 Å². The molecule has 0 spiro atoms. The number of hydrogen-bond acceptors (Lipinski definition) is 1. The van der Waals surface area contributed by atoms with Crippen LogP contribution in [0.15, 0.2) is 11.6 Å². The highest BCUT2D eigenvalue weighted by molar-refractivity contribution is 5.87. The molecule has 0 atom stereocenters. The molecule has 0 aromatic carbocycles. The maximum absolute atomic E-state index is 11.3.